The van der Waals surface area contributed by atoms with Gasteiger partial charge in [0.05, 0.1) is 0 Å². The highest BCUT2D eigenvalue weighted by Crippen LogP contribution is 2.62. The van der Waals surface area contributed by atoms with E-state index >= 15 is 0 Å². The lowest BCUT2D eigenvalue weighted by atomic mass is 9.44. The van der Waals surface area contributed by atoms with Crippen molar-refractivity contribution in [3.63, 3.8) is 0 Å². The first-order chi connectivity index (χ1) is 14.6. The van der Waals surface area contributed by atoms with Crippen molar-refractivity contribution >= 4 is 0 Å². The van der Waals surface area contributed by atoms with Crippen LogP contribution in [0.2, 0.25) is 0 Å². The van der Waals surface area contributed by atoms with Gasteiger partial charge in [-0.1, -0.05) is 107 Å². The molecule has 0 spiro atoms. The zero-order valence-corrected chi connectivity index (χ0v) is 24.0. The molecule has 2 rings (SSSR count). The molecule has 0 saturated heterocycles. The van der Waals surface area contributed by atoms with E-state index in [9.17, 15) is 0 Å². The van der Waals surface area contributed by atoms with E-state index in [0.29, 0.717) is 58.2 Å². The van der Waals surface area contributed by atoms with Gasteiger partial charge >= 0.3 is 0 Å². The molecule has 0 bridgehead atoms. The second-order valence-electron chi connectivity index (χ2n) is 14.1. The molecule has 0 aromatic carbocycles. The topological polar surface area (TPSA) is 0 Å². The Bertz CT molecular complexity index is 666. The van der Waals surface area contributed by atoms with Crippen molar-refractivity contribution in [1.82, 2.24) is 0 Å². The third-order valence-corrected chi connectivity index (χ3v) is 10.9. The first-order valence-corrected chi connectivity index (χ1v) is 13.9. The zero-order chi connectivity index (χ0) is 24.8. The van der Waals surface area contributed by atoms with Crippen LogP contribution in [-0.2, 0) is 0 Å². The van der Waals surface area contributed by atoms with Crippen molar-refractivity contribution in [3.05, 3.63) is 24.3 Å². The van der Waals surface area contributed by atoms with Gasteiger partial charge in [-0.2, -0.15) is 0 Å². The first-order valence-electron chi connectivity index (χ1n) is 13.9. The summed E-state index contributed by atoms with van der Waals surface area (Å²) in [6.45, 7) is 39.4. The SMILES string of the molecule is C=C1CC(C)C2C(C)C(C(=C)C)C(C)C(C)C2(C)CC(C)(C)CC(CC)C1C(C)C(C)C. The minimum Gasteiger partial charge on any atom is -0.0998 e. The van der Waals surface area contributed by atoms with E-state index in [1.807, 2.05) is 0 Å². The van der Waals surface area contributed by atoms with Crippen molar-refractivity contribution < 1.29 is 0 Å². The van der Waals surface area contributed by atoms with Gasteiger partial charge in [0.2, 0.25) is 0 Å². The summed E-state index contributed by atoms with van der Waals surface area (Å²) in [5.41, 5.74) is 3.67. The van der Waals surface area contributed by atoms with Gasteiger partial charge in [0.1, 0.15) is 0 Å². The van der Waals surface area contributed by atoms with Crippen molar-refractivity contribution in [1.29, 1.82) is 0 Å². The molecular weight excluding hydrogens is 384 g/mol. The van der Waals surface area contributed by atoms with Crippen LogP contribution in [0.4, 0.5) is 0 Å². The maximum Gasteiger partial charge on any atom is -0.0149 e. The largest absolute Gasteiger partial charge is 0.0998 e. The maximum atomic E-state index is 4.83. The lowest BCUT2D eigenvalue weighted by Gasteiger charge is -2.61. The van der Waals surface area contributed by atoms with Gasteiger partial charge in [0, 0.05) is 0 Å². The molecule has 0 aromatic rings. The van der Waals surface area contributed by atoms with E-state index < -0.39 is 0 Å². The molecule has 0 amide bonds. The van der Waals surface area contributed by atoms with Gasteiger partial charge < -0.3 is 0 Å². The predicted molar refractivity (Wildman–Crippen MR) is 145 cm³/mol. The Balaban J connectivity index is 2.61. The van der Waals surface area contributed by atoms with Crippen molar-refractivity contribution in [2.75, 3.05) is 0 Å². The van der Waals surface area contributed by atoms with Crippen LogP contribution in [0.25, 0.3) is 0 Å². The Kier molecular flexibility index (Phi) is 8.66. The van der Waals surface area contributed by atoms with Gasteiger partial charge in [0.15, 0.2) is 0 Å². The average Bonchev–Trinajstić information content (AvgIpc) is 2.63. The van der Waals surface area contributed by atoms with Gasteiger partial charge in [-0.15, -0.1) is 0 Å². The van der Waals surface area contributed by atoms with Gasteiger partial charge in [0.25, 0.3) is 0 Å². The van der Waals surface area contributed by atoms with E-state index in [4.69, 9.17) is 6.58 Å². The summed E-state index contributed by atoms with van der Waals surface area (Å²) in [5.74, 6) is 6.94. The van der Waals surface area contributed by atoms with Crippen LogP contribution >= 0.6 is 0 Å². The third kappa shape index (κ3) is 5.10. The quantitative estimate of drug-likeness (QED) is 0.380. The zero-order valence-electron chi connectivity index (χ0n) is 24.0. The van der Waals surface area contributed by atoms with Gasteiger partial charge in [-0.3, -0.25) is 0 Å². The summed E-state index contributed by atoms with van der Waals surface area (Å²) < 4.78 is 0. The fraction of sp³-hybridized carbons (Fsp3) is 0.875. The van der Waals surface area contributed by atoms with E-state index in [1.165, 1.54) is 31.3 Å². The fourth-order valence-corrected chi connectivity index (χ4v) is 9.43. The molecule has 0 heteroatoms. The Hall–Kier alpha value is -0.520. The summed E-state index contributed by atoms with van der Waals surface area (Å²) >= 11 is 0. The Morgan fingerprint density at radius 1 is 1.03 bits per heavy atom. The van der Waals surface area contributed by atoms with Crippen LogP contribution in [0.3, 0.4) is 0 Å². The molecule has 186 valence electrons. The molecule has 2 fully saturated rings. The normalized spacial score (nSPS) is 44.1. The Morgan fingerprint density at radius 2 is 1.59 bits per heavy atom. The van der Waals surface area contributed by atoms with Crippen molar-refractivity contribution in [2.45, 2.75) is 109 Å². The first kappa shape index (κ1) is 27.7. The summed E-state index contributed by atoms with van der Waals surface area (Å²) in [7, 11) is 0. The molecule has 2 aliphatic rings. The maximum absolute atomic E-state index is 4.83. The molecule has 0 aromatic heterocycles. The summed E-state index contributed by atoms with van der Waals surface area (Å²) in [5, 5.41) is 0. The third-order valence-electron chi connectivity index (χ3n) is 10.9. The Morgan fingerprint density at radius 3 is 2.06 bits per heavy atom. The predicted octanol–water partition coefficient (Wildman–Crippen LogP) is 10.1. The van der Waals surface area contributed by atoms with Crippen molar-refractivity contribution in [3.8, 4) is 0 Å². The summed E-state index contributed by atoms with van der Waals surface area (Å²) in [6.07, 6.45) is 5.16. The molecule has 0 N–H and O–H groups in total. The van der Waals surface area contributed by atoms with E-state index in [2.05, 4.69) is 89.7 Å². The molecule has 10 atom stereocenters. The highest BCUT2D eigenvalue weighted by atomic mass is 14.6. The van der Waals surface area contributed by atoms with Crippen LogP contribution in [0, 0.1) is 70.0 Å². The van der Waals surface area contributed by atoms with E-state index in [1.54, 1.807) is 5.57 Å². The van der Waals surface area contributed by atoms with Crippen molar-refractivity contribution in [2.24, 2.45) is 70.0 Å². The smallest absolute Gasteiger partial charge is 0.0149 e. The van der Waals surface area contributed by atoms with Crippen LogP contribution < -0.4 is 0 Å². The Labute approximate surface area is 203 Å². The molecular formula is C32H58. The number of hydrogen-bond acceptors (Lipinski definition) is 0. The fourth-order valence-electron chi connectivity index (χ4n) is 9.43. The molecule has 0 nitrogen and oxygen atoms in total. The van der Waals surface area contributed by atoms with Crippen LogP contribution in [0.1, 0.15) is 109 Å². The summed E-state index contributed by atoms with van der Waals surface area (Å²) in [6, 6.07) is 0. The number of allylic oxidation sites excluding steroid dienone is 2. The van der Waals surface area contributed by atoms with Crippen LogP contribution in [-0.4, -0.2) is 0 Å². The van der Waals surface area contributed by atoms with E-state index in [-0.39, 0.29) is 0 Å². The van der Waals surface area contributed by atoms with Crippen LogP contribution in [0.15, 0.2) is 24.3 Å². The second kappa shape index (κ2) is 10.00. The minimum absolute atomic E-state index is 0.351. The highest BCUT2D eigenvalue weighted by Gasteiger charge is 2.55. The molecule has 0 aliphatic heterocycles. The average molecular weight is 443 g/mol. The number of rotatable bonds is 4. The molecule has 0 radical (unpaired) electrons. The molecule has 2 saturated carbocycles. The standard InChI is InChI=1S/C32H58/c1-15-27-17-31(12,13)18-32(14)26(11)24(9)28(20(4)5)25(10)30(32)22(7)16-21(6)29(27)23(8)19(2)3/h19,22-30H,4,6,15-18H2,1-3,5,7-14H3. The minimum atomic E-state index is 0.351. The monoisotopic (exact) mass is 442 g/mol. The molecule has 32 heavy (non-hydrogen) atoms. The van der Waals surface area contributed by atoms with Gasteiger partial charge in [-0.05, 0) is 96.2 Å². The van der Waals surface area contributed by atoms with E-state index in [0.717, 1.165) is 11.8 Å². The second-order valence-corrected chi connectivity index (χ2v) is 14.1. The summed E-state index contributed by atoms with van der Waals surface area (Å²) in [4.78, 5) is 0. The molecule has 10 unspecified atom stereocenters. The lowest BCUT2D eigenvalue weighted by molar-refractivity contribution is -0.106. The highest BCUT2D eigenvalue weighted by molar-refractivity contribution is 5.14. The van der Waals surface area contributed by atoms with Gasteiger partial charge in [-0.25, -0.2) is 0 Å². The number of hydrogen-bond donors (Lipinski definition) is 0. The van der Waals surface area contributed by atoms with Crippen LogP contribution in [0.5, 0.6) is 0 Å². The lowest BCUT2D eigenvalue weighted by Crippen LogP contribution is -2.54. The molecule has 2 aliphatic carbocycles. The molecule has 0 heterocycles. The number of fused-ring (bicyclic) bond motifs is 1.